The summed E-state index contributed by atoms with van der Waals surface area (Å²) < 4.78 is 16.1. The van der Waals surface area contributed by atoms with E-state index >= 15 is 0 Å². The first-order valence-corrected chi connectivity index (χ1v) is 7.27. The SMILES string of the molecule is Cc1cc2ccc(OC3O[C@H](C)[C@@H](O)[C@H](O)[C@H]3O)cc2oc1=O. The Kier molecular flexibility index (Phi) is 4.11. The number of aliphatic hydroxyl groups is 3. The topological polar surface area (TPSA) is 109 Å². The Bertz CT molecular complexity index is 769. The summed E-state index contributed by atoms with van der Waals surface area (Å²) in [6.07, 6.45) is -5.80. The maximum atomic E-state index is 11.6. The number of benzene rings is 1. The van der Waals surface area contributed by atoms with Crippen molar-refractivity contribution in [3.63, 3.8) is 0 Å². The van der Waals surface area contributed by atoms with Crippen LogP contribution in [0.25, 0.3) is 11.0 Å². The molecule has 1 aromatic heterocycles. The van der Waals surface area contributed by atoms with Crippen LogP contribution in [0.1, 0.15) is 12.5 Å². The van der Waals surface area contributed by atoms with Crippen molar-refractivity contribution in [3.8, 4) is 5.75 Å². The summed E-state index contributed by atoms with van der Waals surface area (Å²) in [6.45, 7) is 3.23. The van der Waals surface area contributed by atoms with E-state index in [0.717, 1.165) is 5.39 Å². The van der Waals surface area contributed by atoms with Gasteiger partial charge in [0.25, 0.3) is 0 Å². The molecule has 5 atom stereocenters. The molecule has 2 heterocycles. The summed E-state index contributed by atoms with van der Waals surface area (Å²) >= 11 is 0. The number of fused-ring (bicyclic) bond motifs is 1. The number of rotatable bonds is 2. The fourth-order valence-electron chi connectivity index (χ4n) is 2.51. The Labute approximate surface area is 131 Å². The second kappa shape index (κ2) is 5.93. The molecule has 7 nitrogen and oxygen atoms in total. The first-order chi connectivity index (χ1) is 10.9. The highest BCUT2D eigenvalue weighted by molar-refractivity contribution is 5.78. The number of ether oxygens (including phenoxy) is 2. The van der Waals surface area contributed by atoms with E-state index in [4.69, 9.17) is 13.9 Å². The van der Waals surface area contributed by atoms with Crippen molar-refractivity contribution in [2.24, 2.45) is 0 Å². The maximum absolute atomic E-state index is 11.6. The number of hydrogen-bond acceptors (Lipinski definition) is 7. The van der Waals surface area contributed by atoms with Gasteiger partial charge in [0.15, 0.2) is 0 Å². The molecule has 0 bridgehead atoms. The molecule has 0 radical (unpaired) electrons. The fourth-order valence-corrected chi connectivity index (χ4v) is 2.51. The summed E-state index contributed by atoms with van der Waals surface area (Å²) in [7, 11) is 0. The molecule has 0 aliphatic carbocycles. The molecule has 124 valence electrons. The van der Waals surface area contributed by atoms with Gasteiger partial charge < -0.3 is 29.2 Å². The summed E-state index contributed by atoms with van der Waals surface area (Å²) in [5.74, 6) is 0.310. The molecule has 23 heavy (non-hydrogen) atoms. The van der Waals surface area contributed by atoms with Crippen LogP contribution in [-0.2, 0) is 4.74 Å². The average molecular weight is 322 g/mol. The Morgan fingerprint density at radius 3 is 2.57 bits per heavy atom. The molecule has 1 fully saturated rings. The molecule has 3 N–H and O–H groups in total. The highest BCUT2D eigenvalue weighted by Crippen LogP contribution is 2.26. The fraction of sp³-hybridized carbons (Fsp3) is 0.438. The van der Waals surface area contributed by atoms with Crippen molar-refractivity contribution >= 4 is 11.0 Å². The van der Waals surface area contributed by atoms with E-state index in [0.29, 0.717) is 16.9 Å². The molecule has 7 heteroatoms. The summed E-state index contributed by atoms with van der Waals surface area (Å²) in [4.78, 5) is 11.6. The van der Waals surface area contributed by atoms with Crippen molar-refractivity contribution in [1.82, 2.24) is 0 Å². The molecule has 2 aromatic rings. The predicted octanol–water partition coefficient (Wildman–Crippen LogP) is 0.308. The van der Waals surface area contributed by atoms with E-state index in [2.05, 4.69) is 0 Å². The van der Waals surface area contributed by atoms with Crippen molar-refractivity contribution < 1.29 is 29.2 Å². The molecule has 1 aliphatic heterocycles. The molecule has 3 rings (SSSR count). The van der Waals surface area contributed by atoms with E-state index in [1.54, 1.807) is 32.0 Å². The van der Waals surface area contributed by atoms with Gasteiger partial charge in [-0.3, -0.25) is 0 Å². The molecule has 0 amide bonds. The van der Waals surface area contributed by atoms with Gasteiger partial charge in [0.1, 0.15) is 29.6 Å². The number of aliphatic hydroxyl groups excluding tert-OH is 3. The van der Waals surface area contributed by atoms with Gasteiger partial charge in [0, 0.05) is 17.0 Å². The van der Waals surface area contributed by atoms with Gasteiger partial charge in [-0.2, -0.15) is 0 Å². The minimum absolute atomic E-state index is 0.310. The molecule has 1 saturated heterocycles. The average Bonchev–Trinajstić information content (AvgIpc) is 2.52. The minimum atomic E-state index is -1.40. The smallest absolute Gasteiger partial charge is 0.339 e. The largest absolute Gasteiger partial charge is 0.462 e. The van der Waals surface area contributed by atoms with E-state index in [9.17, 15) is 20.1 Å². The predicted molar refractivity (Wildman–Crippen MR) is 80.2 cm³/mol. The van der Waals surface area contributed by atoms with E-state index in [1.807, 2.05) is 0 Å². The molecule has 0 spiro atoms. The lowest BCUT2D eigenvalue weighted by Gasteiger charge is -2.38. The standard InChI is InChI=1S/C16H18O7/c1-7-5-9-3-4-10(6-11(9)23-15(7)20)22-16-14(19)13(18)12(17)8(2)21-16/h3-6,8,12-14,16-19H,1-2H3/t8-,12-,13+,14-,16?/m1/s1. The molecule has 1 aliphatic rings. The molecular weight excluding hydrogens is 304 g/mol. The van der Waals surface area contributed by atoms with Crippen molar-refractivity contribution in [1.29, 1.82) is 0 Å². The second-order valence-electron chi connectivity index (χ2n) is 5.72. The zero-order chi connectivity index (χ0) is 16.7. The van der Waals surface area contributed by atoms with Crippen LogP contribution in [-0.4, -0.2) is 46.0 Å². The van der Waals surface area contributed by atoms with Crippen LogP contribution < -0.4 is 10.4 Å². The molecule has 0 saturated carbocycles. The first kappa shape index (κ1) is 15.9. The van der Waals surface area contributed by atoms with Crippen molar-refractivity contribution in [2.45, 2.75) is 44.6 Å². The summed E-state index contributed by atoms with van der Waals surface area (Å²) in [5, 5.41) is 30.1. The van der Waals surface area contributed by atoms with Gasteiger partial charge in [-0.15, -0.1) is 0 Å². The van der Waals surface area contributed by atoms with Crippen LogP contribution in [0.15, 0.2) is 33.5 Å². The second-order valence-corrected chi connectivity index (χ2v) is 5.72. The van der Waals surface area contributed by atoms with Crippen LogP contribution in [0, 0.1) is 6.92 Å². The molecule has 1 aromatic carbocycles. The van der Waals surface area contributed by atoms with Crippen LogP contribution >= 0.6 is 0 Å². The third-order valence-corrected chi connectivity index (χ3v) is 3.94. The van der Waals surface area contributed by atoms with Crippen LogP contribution in [0.3, 0.4) is 0 Å². The monoisotopic (exact) mass is 322 g/mol. The minimum Gasteiger partial charge on any atom is -0.462 e. The number of hydrogen-bond donors (Lipinski definition) is 3. The highest BCUT2D eigenvalue weighted by Gasteiger charge is 2.43. The van der Waals surface area contributed by atoms with Gasteiger partial charge in [-0.1, -0.05) is 0 Å². The quantitative estimate of drug-likeness (QED) is 0.683. The molecular formula is C16H18O7. The summed E-state index contributed by atoms with van der Waals surface area (Å²) in [5.41, 5.74) is 0.413. The highest BCUT2D eigenvalue weighted by atomic mass is 16.7. The molecule has 1 unspecified atom stereocenters. The van der Waals surface area contributed by atoms with Crippen LogP contribution in [0.5, 0.6) is 5.75 Å². The van der Waals surface area contributed by atoms with Crippen LogP contribution in [0.2, 0.25) is 0 Å². The number of aryl methyl sites for hydroxylation is 1. The third kappa shape index (κ3) is 2.96. The maximum Gasteiger partial charge on any atom is 0.339 e. The lowest BCUT2D eigenvalue weighted by Crippen LogP contribution is -2.58. The van der Waals surface area contributed by atoms with Gasteiger partial charge in [-0.25, -0.2) is 4.79 Å². The van der Waals surface area contributed by atoms with E-state index < -0.39 is 36.3 Å². The van der Waals surface area contributed by atoms with E-state index in [1.165, 1.54) is 6.07 Å². The van der Waals surface area contributed by atoms with Crippen molar-refractivity contribution in [3.05, 3.63) is 40.2 Å². The Morgan fingerprint density at radius 1 is 1.09 bits per heavy atom. The zero-order valence-electron chi connectivity index (χ0n) is 12.7. The Balaban J connectivity index is 1.86. The van der Waals surface area contributed by atoms with Gasteiger partial charge >= 0.3 is 5.63 Å². The Morgan fingerprint density at radius 2 is 1.83 bits per heavy atom. The lowest BCUT2D eigenvalue weighted by atomic mass is 10.00. The normalized spacial score (nSPS) is 31.3. The van der Waals surface area contributed by atoms with E-state index in [-0.39, 0.29) is 0 Å². The first-order valence-electron chi connectivity index (χ1n) is 7.27. The van der Waals surface area contributed by atoms with Crippen molar-refractivity contribution in [2.75, 3.05) is 0 Å². The summed E-state index contributed by atoms with van der Waals surface area (Å²) in [6, 6.07) is 6.57. The Hall–Kier alpha value is -1.93. The van der Waals surface area contributed by atoms with Crippen LogP contribution in [0.4, 0.5) is 0 Å². The van der Waals surface area contributed by atoms with Gasteiger partial charge in [0.05, 0.1) is 6.10 Å². The third-order valence-electron chi connectivity index (χ3n) is 3.94. The van der Waals surface area contributed by atoms with Gasteiger partial charge in [0.2, 0.25) is 6.29 Å². The lowest BCUT2D eigenvalue weighted by molar-refractivity contribution is -0.268. The zero-order valence-corrected chi connectivity index (χ0v) is 12.7. The van der Waals surface area contributed by atoms with Gasteiger partial charge in [-0.05, 0) is 32.0 Å².